The molecule has 0 aliphatic carbocycles. The lowest BCUT2D eigenvalue weighted by Gasteiger charge is -2.34. The lowest BCUT2D eigenvalue weighted by Crippen LogP contribution is -2.54. The molecule has 3 aromatic rings. The van der Waals surface area contributed by atoms with E-state index in [1.54, 1.807) is 48.5 Å². The molecule has 0 saturated heterocycles. The number of halogens is 1. The summed E-state index contributed by atoms with van der Waals surface area (Å²) in [6.07, 6.45) is 2.05. The van der Waals surface area contributed by atoms with E-state index in [-0.39, 0.29) is 24.9 Å². The molecule has 7 nitrogen and oxygen atoms in total. The zero-order chi connectivity index (χ0) is 27.7. The maximum atomic E-state index is 14.0. The van der Waals surface area contributed by atoms with Gasteiger partial charge in [0.2, 0.25) is 21.8 Å². The van der Waals surface area contributed by atoms with Crippen LogP contribution in [-0.4, -0.2) is 50.0 Å². The van der Waals surface area contributed by atoms with Crippen LogP contribution < -0.4 is 9.62 Å². The predicted octanol–water partition coefficient (Wildman–Crippen LogP) is 4.66. The quantitative estimate of drug-likeness (QED) is 0.352. The van der Waals surface area contributed by atoms with Crippen LogP contribution in [0, 0.1) is 0 Å². The Labute approximate surface area is 230 Å². The van der Waals surface area contributed by atoms with Crippen LogP contribution in [0.1, 0.15) is 31.4 Å². The highest BCUT2D eigenvalue weighted by Crippen LogP contribution is 2.21. The van der Waals surface area contributed by atoms with Crippen LogP contribution in [0.15, 0.2) is 84.9 Å². The van der Waals surface area contributed by atoms with E-state index in [9.17, 15) is 18.0 Å². The van der Waals surface area contributed by atoms with Crippen molar-refractivity contribution in [1.29, 1.82) is 0 Å². The Bertz CT molecular complexity index is 1320. The van der Waals surface area contributed by atoms with Crippen LogP contribution in [0.4, 0.5) is 5.69 Å². The summed E-state index contributed by atoms with van der Waals surface area (Å²) in [5, 5.41) is 3.51. The van der Waals surface area contributed by atoms with Gasteiger partial charge in [0.15, 0.2) is 0 Å². The standard InChI is InChI=1S/C29H34ClN3O4S/c1-4-22(2)31-29(35)27(19-23-12-7-5-8-13-23)32(20-24-14-11-15-25(30)18-24)28(34)21-33(38(3,36)37)26-16-9-6-10-17-26/h5-18,22,27H,4,19-21H2,1-3H3,(H,31,35)/t22-,27-/m0/s1. The second-order valence-electron chi connectivity index (χ2n) is 9.28. The van der Waals surface area contributed by atoms with E-state index in [0.717, 1.165) is 28.1 Å². The second-order valence-corrected chi connectivity index (χ2v) is 11.6. The summed E-state index contributed by atoms with van der Waals surface area (Å²) in [5.74, 6) is -0.802. The van der Waals surface area contributed by atoms with Gasteiger partial charge in [0.25, 0.3) is 0 Å². The predicted molar refractivity (Wildman–Crippen MR) is 152 cm³/mol. The number of carbonyl (C=O) groups excluding carboxylic acids is 2. The van der Waals surface area contributed by atoms with Gasteiger partial charge < -0.3 is 10.2 Å². The Morgan fingerprint density at radius 2 is 1.53 bits per heavy atom. The molecule has 3 aromatic carbocycles. The molecular formula is C29H34ClN3O4S. The number of hydrogen-bond acceptors (Lipinski definition) is 4. The summed E-state index contributed by atoms with van der Waals surface area (Å²) in [7, 11) is -3.79. The lowest BCUT2D eigenvalue weighted by atomic mass is 10.0. The van der Waals surface area contributed by atoms with Crippen molar-refractivity contribution in [2.75, 3.05) is 17.1 Å². The Morgan fingerprint density at radius 1 is 0.921 bits per heavy atom. The van der Waals surface area contributed by atoms with Crippen LogP contribution in [0.2, 0.25) is 5.02 Å². The first kappa shape index (κ1) is 29.2. The average Bonchev–Trinajstić information content (AvgIpc) is 2.89. The topological polar surface area (TPSA) is 86.8 Å². The molecular weight excluding hydrogens is 522 g/mol. The number of anilines is 1. The molecule has 0 aliphatic heterocycles. The minimum Gasteiger partial charge on any atom is -0.352 e. The Kier molecular flexibility index (Phi) is 10.3. The zero-order valence-corrected chi connectivity index (χ0v) is 23.5. The summed E-state index contributed by atoms with van der Waals surface area (Å²) in [6, 6.07) is 24.0. The van der Waals surface area contributed by atoms with Gasteiger partial charge in [-0.25, -0.2) is 8.42 Å². The van der Waals surface area contributed by atoms with Crippen molar-refractivity contribution in [3.05, 3.63) is 101 Å². The summed E-state index contributed by atoms with van der Waals surface area (Å²) < 4.78 is 26.5. The third kappa shape index (κ3) is 8.33. The van der Waals surface area contributed by atoms with Crippen molar-refractivity contribution in [2.24, 2.45) is 0 Å². The van der Waals surface area contributed by atoms with Gasteiger partial charge in [-0.05, 0) is 48.7 Å². The normalized spacial score (nSPS) is 12.8. The Hall–Kier alpha value is -3.36. The molecule has 0 bridgehead atoms. The van der Waals surface area contributed by atoms with Crippen molar-refractivity contribution in [3.8, 4) is 0 Å². The summed E-state index contributed by atoms with van der Waals surface area (Å²) >= 11 is 6.22. The highest BCUT2D eigenvalue weighted by atomic mass is 35.5. The molecule has 0 aromatic heterocycles. The zero-order valence-electron chi connectivity index (χ0n) is 21.9. The molecule has 9 heteroatoms. The lowest BCUT2D eigenvalue weighted by molar-refractivity contribution is -0.140. The monoisotopic (exact) mass is 555 g/mol. The molecule has 38 heavy (non-hydrogen) atoms. The number of rotatable bonds is 12. The highest BCUT2D eigenvalue weighted by Gasteiger charge is 2.33. The third-order valence-corrected chi connectivity index (χ3v) is 7.61. The summed E-state index contributed by atoms with van der Waals surface area (Å²) in [5.41, 5.74) is 1.98. The molecule has 0 spiro atoms. The number of para-hydroxylation sites is 1. The number of carbonyl (C=O) groups is 2. The minimum absolute atomic E-state index is 0.0806. The number of benzene rings is 3. The van der Waals surface area contributed by atoms with E-state index < -0.39 is 28.5 Å². The third-order valence-electron chi connectivity index (χ3n) is 6.24. The first-order valence-electron chi connectivity index (χ1n) is 12.5. The molecule has 0 unspecified atom stereocenters. The van der Waals surface area contributed by atoms with Crippen molar-refractivity contribution < 1.29 is 18.0 Å². The van der Waals surface area contributed by atoms with Gasteiger partial charge >= 0.3 is 0 Å². The van der Waals surface area contributed by atoms with E-state index in [4.69, 9.17) is 11.6 Å². The fourth-order valence-electron chi connectivity index (χ4n) is 4.04. The SMILES string of the molecule is CC[C@H](C)NC(=O)[C@H](Cc1ccccc1)N(Cc1cccc(Cl)c1)C(=O)CN(c1ccccc1)S(C)(=O)=O. The molecule has 0 radical (unpaired) electrons. The number of nitrogens with zero attached hydrogens (tertiary/aromatic N) is 2. The van der Waals surface area contributed by atoms with Gasteiger partial charge in [-0.3, -0.25) is 13.9 Å². The van der Waals surface area contributed by atoms with Gasteiger partial charge in [-0.1, -0.05) is 79.2 Å². The summed E-state index contributed by atoms with van der Waals surface area (Å²) in [4.78, 5) is 29.0. The molecule has 1 N–H and O–H groups in total. The number of hydrogen-bond donors (Lipinski definition) is 1. The van der Waals surface area contributed by atoms with Gasteiger partial charge in [0.1, 0.15) is 12.6 Å². The average molecular weight is 556 g/mol. The number of sulfonamides is 1. The van der Waals surface area contributed by atoms with E-state index in [2.05, 4.69) is 5.32 Å². The molecule has 0 saturated carbocycles. The molecule has 2 amide bonds. The van der Waals surface area contributed by atoms with E-state index >= 15 is 0 Å². The fraction of sp³-hybridized carbons (Fsp3) is 0.310. The van der Waals surface area contributed by atoms with Crippen molar-refractivity contribution in [2.45, 2.75) is 45.3 Å². The smallest absolute Gasteiger partial charge is 0.244 e. The van der Waals surface area contributed by atoms with Crippen LogP contribution in [0.5, 0.6) is 0 Å². The Morgan fingerprint density at radius 3 is 2.11 bits per heavy atom. The van der Waals surface area contributed by atoms with Crippen LogP contribution in [-0.2, 0) is 32.6 Å². The van der Waals surface area contributed by atoms with Crippen molar-refractivity contribution in [3.63, 3.8) is 0 Å². The fourth-order valence-corrected chi connectivity index (χ4v) is 5.10. The van der Waals surface area contributed by atoms with Gasteiger partial charge in [0, 0.05) is 24.0 Å². The number of nitrogens with one attached hydrogen (secondary N) is 1. The van der Waals surface area contributed by atoms with Gasteiger partial charge in [0.05, 0.1) is 11.9 Å². The maximum Gasteiger partial charge on any atom is 0.244 e. The minimum atomic E-state index is -3.79. The van der Waals surface area contributed by atoms with Gasteiger partial charge in [-0.15, -0.1) is 0 Å². The van der Waals surface area contributed by atoms with E-state index in [0.29, 0.717) is 10.7 Å². The summed E-state index contributed by atoms with van der Waals surface area (Å²) in [6.45, 7) is 3.50. The van der Waals surface area contributed by atoms with E-state index in [1.165, 1.54) is 4.90 Å². The molecule has 2 atom stereocenters. The molecule has 0 aliphatic rings. The van der Waals surface area contributed by atoms with Crippen LogP contribution >= 0.6 is 11.6 Å². The van der Waals surface area contributed by atoms with E-state index in [1.807, 2.05) is 50.2 Å². The van der Waals surface area contributed by atoms with Crippen LogP contribution in [0.25, 0.3) is 0 Å². The number of amides is 2. The molecule has 0 fully saturated rings. The van der Waals surface area contributed by atoms with Crippen LogP contribution in [0.3, 0.4) is 0 Å². The highest BCUT2D eigenvalue weighted by molar-refractivity contribution is 7.92. The largest absolute Gasteiger partial charge is 0.352 e. The molecule has 0 heterocycles. The van der Waals surface area contributed by atoms with Crippen molar-refractivity contribution in [1.82, 2.24) is 10.2 Å². The van der Waals surface area contributed by atoms with Gasteiger partial charge in [-0.2, -0.15) is 0 Å². The second kappa shape index (κ2) is 13.4. The first-order chi connectivity index (χ1) is 18.1. The van der Waals surface area contributed by atoms with Crippen molar-refractivity contribution >= 4 is 39.1 Å². The molecule has 202 valence electrons. The molecule has 3 rings (SSSR count). The Balaban J connectivity index is 2.04. The first-order valence-corrected chi connectivity index (χ1v) is 14.7. The maximum absolute atomic E-state index is 14.0.